The van der Waals surface area contributed by atoms with Gasteiger partial charge in [-0.3, -0.25) is 14.5 Å². The molecule has 0 aromatic heterocycles. The van der Waals surface area contributed by atoms with Crippen LogP contribution in [-0.4, -0.2) is 96.9 Å². The maximum absolute atomic E-state index is 13.6. The molecule has 3 amide bonds. The van der Waals surface area contributed by atoms with E-state index in [2.05, 4.69) is 15.5 Å². The zero-order chi connectivity index (χ0) is 27.7. The molecule has 2 atom stereocenters. The number of ether oxygens (including phenoxy) is 2. The van der Waals surface area contributed by atoms with Crippen LogP contribution in [0, 0.1) is 5.92 Å². The second-order valence-electron chi connectivity index (χ2n) is 12.2. The van der Waals surface area contributed by atoms with E-state index >= 15 is 0 Å². The molecule has 0 radical (unpaired) electrons. The van der Waals surface area contributed by atoms with Crippen molar-refractivity contribution in [3.63, 3.8) is 0 Å². The van der Waals surface area contributed by atoms with Crippen molar-refractivity contribution >= 4 is 17.9 Å². The fourth-order valence-electron chi connectivity index (χ4n) is 5.87. The number of hydrogen-bond donors (Lipinski definition) is 3. The highest BCUT2D eigenvalue weighted by Crippen LogP contribution is 2.29. The summed E-state index contributed by atoms with van der Waals surface area (Å²) >= 11 is 0. The summed E-state index contributed by atoms with van der Waals surface area (Å²) in [7, 11) is 0. The topological polar surface area (TPSA) is 126 Å². The number of likely N-dealkylation sites (tertiary alicyclic amines) is 2. The minimum absolute atomic E-state index is 0.0106. The Balaban J connectivity index is 1.45. The highest BCUT2D eigenvalue weighted by atomic mass is 16.6. The summed E-state index contributed by atoms with van der Waals surface area (Å²) in [5.41, 5.74) is 4.88. The van der Waals surface area contributed by atoms with E-state index in [0.717, 1.165) is 64.5 Å². The van der Waals surface area contributed by atoms with E-state index in [-0.39, 0.29) is 36.0 Å². The smallest absolute Gasteiger partial charge is 0.408 e. The summed E-state index contributed by atoms with van der Waals surface area (Å²) in [6.07, 6.45) is 8.48. The van der Waals surface area contributed by atoms with Gasteiger partial charge in [-0.25, -0.2) is 4.79 Å². The van der Waals surface area contributed by atoms with Gasteiger partial charge in [-0.2, -0.15) is 0 Å². The molecule has 38 heavy (non-hydrogen) atoms. The van der Waals surface area contributed by atoms with Gasteiger partial charge in [0.2, 0.25) is 11.8 Å². The first-order valence-electron chi connectivity index (χ1n) is 14.7. The third-order valence-electron chi connectivity index (χ3n) is 8.05. The molecule has 3 rings (SSSR count). The van der Waals surface area contributed by atoms with Crippen LogP contribution >= 0.6 is 0 Å². The molecule has 10 nitrogen and oxygen atoms in total. The third-order valence-corrected chi connectivity index (χ3v) is 8.05. The molecule has 4 N–H and O–H groups in total. The summed E-state index contributed by atoms with van der Waals surface area (Å²) in [6, 6.07) is -0.695. The van der Waals surface area contributed by atoms with Crippen molar-refractivity contribution in [3.05, 3.63) is 0 Å². The van der Waals surface area contributed by atoms with Crippen molar-refractivity contribution in [2.24, 2.45) is 11.7 Å². The molecular weight excluding hydrogens is 486 g/mol. The van der Waals surface area contributed by atoms with Gasteiger partial charge >= 0.3 is 6.09 Å². The number of nitrogens with zero attached hydrogens (tertiary/aromatic N) is 2. The first-order valence-corrected chi connectivity index (χ1v) is 14.7. The van der Waals surface area contributed by atoms with Gasteiger partial charge in [0.25, 0.3) is 0 Å². The molecule has 1 unspecified atom stereocenters. The predicted octanol–water partition coefficient (Wildman–Crippen LogP) is 2.40. The number of hydrogen-bond acceptors (Lipinski definition) is 7. The number of carbonyl (C=O) groups is 3. The van der Waals surface area contributed by atoms with Crippen molar-refractivity contribution in [1.82, 2.24) is 20.4 Å². The van der Waals surface area contributed by atoms with Crippen LogP contribution in [0.4, 0.5) is 4.79 Å². The van der Waals surface area contributed by atoms with E-state index in [1.807, 2.05) is 32.6 Å². The maximum Gasteiger partial charge on any atom is 0.408 e. The molecule has 3 aliphatic rings. The first-order chi connectivity index (χ1) is 18.1. The van der Waals surface area contributed by atoms with Crippen LogP contribution in [0.2, 0.25) is 0 Å². The maximum atomic E-state index is 13.6. The van der Waals surface area contributed by atoms with Gasteiger partial charge in [0, 0.05) is 39.3 Å². The molecule has 0 aromatic carbocycles. The van der Waals surface area contributed by atoms with Crippen molar-refractivity contribution in [3.8, 4) is 0 Å². The molecule has 10 heteroatoms. The van der Waals surface area contributed by atoms with Crippen LogP contribution < -0.4 is 16.4 Å². The van der Waals surface area contributed by atoms with Crippen molar-refractivity contribution in [2.45, 2.75) is 115 Å². The van der Waals surface area contributed by atoms with Gasteiger partial charge in [-0.05, 0) is 72.1 Å². The summed E-state index contributed by atoms with van der Waals surface area (Å²) in [4.78, 5) is 42.5. The van der Waals surface area contributed by atoms with E-state index < -0.39 is 17.7 Å². The average Bonchev–Trinajstić information content (AvgIpc) is 2.90. The summed E-state index contributed by atoms with van der Waals surface area (Å²) in [5.74, 6) is 0.193. The lowest BCUT2D eigenvalue weighted by atomic mass is 9.83. The van der Waals surface area contributed by atoms with E-state index in [1.54, 1.807) is 0 Å². The lowest BCUT2D eigenvalue weighted by Gasteiger charge is -2.40. The zero-order valence-corrected chi connectivity index (χ0v) is 24.0. The Bertz CT molecular complexity index is 766. The Kier molecular flexibility index (Phi) is 11.7. The Morgan fingerprint density at radius 1 is 0.921 bits per heavy atom. The monoisotopic (exact) mass is 537 g/mol. The highest BCUT2D eigenvalue weighted by molar-refractivity contribution is 5.86. The number of alkyl carbamates (subject to hydrolysis) is 1. The second kappa shape index (κ2) is 14.5. The van der Waals surface area contributed by atoms with Crippen molar-refractivity contribution in [2.75, 3.05) is 39.3 Å². The molecule has 3 fully saturated rings. The largest absolute Gasteiger partial charge is 0.444 e. The lowest BCUT2D eigenvalue weighted by Crippen LogP contribution is -2.55. The normalized spacial score (nSPS) is 22.5. The molecule has 2 saturated heterocycles. The molecule has 1 aliphatic carbocycles. The highest BCUT2D eigenvalue weighted by Gasteiger charge is 2.37. The zero-order valence-electron chi connectivity index (χ0n) is 24.0. The Hall–Kier alpha value is -1.91. The van der Waals surface area contributed by atoms with Crippen LogP contribution in [0.5, 0.6) is 0 Å². The van der Waals surface area contributed by atoms with Crippen LogP contribution in [0.25, 0.3) is 0 Å². The number of nitrogens with one attached hydrogen (secondary N) is 2. The summed E-state index contributed by atoms with van der Waals surface area (Å²) in [5, 5.41) is 5.80. The van der Waals surface area contributed by atoms with Gasteiger partial charge < -0.3 is 30.7 Å². The Morgan fingerprint density at radius 3 is 2.05 bits per heavy atom. The third kappa shape index (κ3) is 9.38. The van der Waals surface area contributed by atoms with E-state index in [4.69, 9.17) is 15.2 Å². The predicted molar refractivity (Wildman–Crippen MR) is 147 cm³/mol. The molecule has 0 spiro atoms. The van der Waals surface area contributed by atoms with Crippen LogP contribution in [-0.2, 0) is 19.1 Å². The van der Waals surface area contributed by atoms with Gasteiger partial charge in [-0.1, -0.05) is 19.3 Å². The molecular formula is C28H51N5O5. The first kappa shape index (κ1) is 30.6. The van der Waals surface area contributed by atoms with E-state index in [1.165, 1.54) is 6.42 Å². The minimum atomic E-state index is -0.606. The van der Waals surface area contributed by atoms with Gasteiger partial charge in [0.05, 0.1) is 18.2 Å². The number of carbonyl (C=O) groups excluding carboxylic acids is 3. The number of amides is 3. The molecule has 0 bridgehead atoms. The van der Waals surface area contributed by atoms with Gasteiger partial charge in [0.15, 0.2) is 0 Å². The number of nitrogens with two attached hydrogens (primary N) is 1. The lowest BCUT2D eigenvalue weighted by molar-refractivity contribution is -0.139. The molecule has 2 heterocycles. The van der Waals surface area contributed by atoms with Crippen LogP contribution in [0.3, 0.4) is 0 Å². The molecule has 0 aromatic rings. The van der Waals surface area contributed by atoms with Crippen LogP contribution in [0.1, 0.15) is 85.5 Å². The summed E-state index contributed by atoms with van der Waals surface area (Å²) in [6.45, 7) is 11.3. The Morgan fingerprint density at radius 2 is 1.50 bits per heavy atom. The standard InChI is InChI=1S/C28H51N5O5/c1-20(25(34)30-15-14-29)32-16-10-22(11-17-32)37-23-12-18-33(19-13-23)26(35)24(21-8-6-5-7-9-21)31-27(36)38-28(2,3)4/h20-24H,5-19,29H2,1-4H3,(H,30,34)(H,31,36)/t20?,24-/m1/s1. The van der Waals surface area contributed by atoms with Crippen molar-refractivity contribution in [1.29, 1.82) is 0 Å². The minimum Gasteiger partial charge on any atom is -0.444 e. The van der Waals surface area contributed by atoms with Gasteiger partial charge in [-0.15, -0.1) is 0 Å². The Labute approximate surface area is 228 Å². The average molecular weight is 538 g/mol. The quantitative estimate of drug-likeness (QED) is 0.412. The molecule has 218 valence electrons. The van der Waals surface area contributed by atoms with Crippen LogP contribution in [0.15, 0.2) is 0 Å². The van der Waals surface area contributed by atoms with E-state index in [0.29, 0.717) is 26.2 Å². The fourth-order valence-corrected chi connectivity index (χ4v) is 5.87. The van der Waals surface area contributed by atoms with Gasteiger partial charge in [0.1, 0.15) is 11.6 Å². The molecule has 2 aliphatic heterocycles. The van der Waals surface area contributed by atoms with Crippen molar-refractivity contribution < 1.29 is 23.9 Å². The summed E-state index contributed by atoms with van der Waals surface area (Å²) < 4.78 is 11.9. The molecule has 1 saturated carbocycles. The number of rotatable bonds is 9. The number of piperidine rings is 2. The van der Waals surface area contributed by atoms with E-state index in [9.17, 15) is 14.4 Å². The fraction of sp³-hybridized carbons (Fsp3) is 0.893. The second-order valence-corrected chi connectivity index (χ2v) is 12.2. The SMILES string of the molecule is CC(C(=O)NCCN)N1CCC(OC2CCN(C(=O)[C@H](NC(=O)OC(C)(C)C)C3CCCCC3)CC2)CC1.